The Kier molecular flexibility index (Phi) is 6.30. The number of carbonyl (C=O) groups excluding carboxylic acids is 1. The third-order valence-corrected chi connectivity index (χ3v) is 6.25. The average molecular weight is 488 g/mol. The van der Waals surface area contributed by atoms with E-state index in [1.165, 1.54) is 12.1 Å². The molecule has 0 aromatic heterocycles. The van der Waals surface area contributed by atoms with Crippen molar-refractivity contribution in [1.82, 2.24) is 4.90 Å². The lowest BCUT2D eigenvalue weighted by atomic mass is 10.0. The largest absolute Gasteiger partial charge is 0.493 e. The van der Waals surface area contributed by atoms with Crippen molar-refractivity contribution in [2.24, 2.45) is 0 Å². The topological polar surface area (TPSA) is 100 Å². The van der Waals surface area contributed by atoms with Crippen molar-refractivity contribution in [2.45, 2.75) is 13.0 Å². The number of hydrogen-bond donors (Lipinski definition) is 0. The number of non-ortho nitro benzene ring substituents is 1. The number of Topliss-reactive ketones (excluding diaryl/α,β-unsaturated/α-hetero) is 1. The molecule has 0 amide bonds. The number of nitro benzene ring substituents is 1. The van der Waals surface area contributed by atoms with Gasteiger partial charge in [0.05, 0.1) is 30.3 Å². The fourth-order valence-electron chi connectivity index (χ4n) is 4.31. The van der Waals surface area contributed by atoms with E-state index in [2.05, 4.69) is 4.90 Å². The first-order valence-electron chi connectivity index (χ1n) is 11.4. The summed E-state index contributed by atoms with van der Waals surface area (Å²) >= 11 is 0. The van der Waals surface area contributed by atoms with Crippen LogP contribution in [0.5, 0.6) is 23.0 Å². The lowest BCUT2D eigenvalue weighted by molar-refractivity contribution is -0.384. The van der Waals surface area contributed by atoms with Crippen LogP contribution in [0, 0.1) is 10.1 Å². The normalized spacial score (nSPS) is 15.6. The molecule has 0 bridgehead atoms. The molecule has 3 aromatic rings. The Balaban J connectivity index is 1.32. The average Bonchev–Trinajstić information content (AvgIpc) is 3.22. The molecule has 0 atom stereocenters. The number of ketones is 1. The van der Waals surface area contributed by atoms with Crippen LogP contribution in [-0.4, -0.2) is 43.1 Å². The standard InChI is InChI=1S/C27H24N2O7/c1-33-23-9-5-18(13-24(23)34-2)11-12-28-15-21-22(35-16-28)10-8-20-26(30)25(36-27(20)21)14-17-3-6-19(7-4-17)29(31)32/h3-10,13-14H,11-12,15-16H2,1-2H3/b25-14-. The molecule has 0 saturated carbocycles. The van der Waals surface area contributed by atoms with Crippen molar-refractivity contribution in [3.63, 3.8) is 0 Å². The first-order valence-corrected chi connectivity index (χ1v) is 11.4. The van der Waals surface area contributed by atoms with Gasteiger partial charge in [-0.25, -0.2) is 0 Å². The van der Waals surface area contributed by atoms with Crippen LogP contribution >= 0.6 is 0 Å². The second kappa shape index (κ2) is 9.71. The maximum atomic E-state index is 13.0. The number of hydrogen-bond acceptors (Lipinski definition) is 8. The zero-order valence-electron chi connectivity index (χ0n) is 19.9. The minimum atomic E-state index is -0.465. The van der Waals surface area contributed by atoms with Crippen molar-refractivity contribution in [2.75, 3.05) is 27.5 Å². The van der Waals surface area contributed by atoms with E-state index in [1.807, 2.05) is 18.2 Å². The molecule has 0 spiro atoms. The van der Waals surface area contributed by atoms with Gasteiger partial charge in [0.25, 0.3) is 5.69 Å². The summed E-state index contributed by atoms with van der Waals surface area (Å²) in [6, 6.07) is 15.3. The summed E-state index contributed by atoms with van der Waals surface area (Å²) in [5.74, 6) is 2.52. The monoisotopic (exact) mass is 488 g/mol. The van der Waals surface area contributed by atoms with E-state index in [0.717, 1.165) is 24.1 Å². The predicted molar refractivity (Wildman–Crippen MR) is 132 cm³/mol. The van der Waals surface area contributed by atoms with E-state index in [4.69, 9.17) is 18.9 Å². The lowest BCUT2D eigenvalue weighted by Crippen LogP contribution is -2.33. The lowest BCUT2D eigenvalue weighted by Gasteiger charge is -2.29. The van der Waals surface area contributed by atoms with Crippen LogP contribution in [0.25, 0.3) is 6.08 Å². The third kappa shape index (κ3) is 4.48. The summed E-state index contributed by atoms with van der Waals surface area (Å²) in [4.78, 5) is 25.6. The Hall–Kier alpha value is -4.37. The zero-order chi connectivity index (χ0) is 25.2. The van der Waals surface area contributed by atoms with E-state index in [-0.39, 0.29) is 17.2 Å². The highest BCUT2D eigenvalue weighted by molar-refractivity contribution is 6.15. The molecule has 3 aromatic carbocycles. The number of ether oxygens (including phenoxy) is 4. The molecule has 0 radical (unpaired) electrons. The highest BCUT2D eigenvalue weighted by atomic mass is 16.6. The Morgan fingerprint density at radius 1 is 1.06 bits per heavy atom. The third-order valence-electron chi connectivity index (χ3n) is 6.25. The Labute approximate surface area is 207 Å². The van der Waals surface area contributed by atoms with Crippen molar-refractivity contribution in [1.29, 1.82) is 0 Å². The molecular formula is C27H24N2O7. The maximum absolute atomic E-state index is 13.0. The number of carbonyl (C=O) groups is 1. The van der Waals surface area contributed by atoms with Crippen molar-refractivity contribution < 1.29 is 28.7 Å². The van der Waals surface area contributed by atoms with Crippen LogP contribution in [-0.2, 0) is 13.0 Å². The number of benzene rings is 3. The van der Waals surface area contributed by atoms with Crippen molar-refractivity contribution in [3.05, 3.63) is 92.7 Å². The van der Waals surface area contributed by atoms with Gasteiger partial charge in [0.2, 0.25) is 5.78 Å². The van der Waals surface area contributed by atoms with Crippen LogP contribution in [0.4, 0.5) is 5.69 Å². The summed E-state index contributed by atoms with van der Waals surface area (Å²) in [6.07, 6.45) is 2.37. The fraction of sp³-hybridized carbons (Fsp3) is 0.222. The van der Waals surface area contributed by atoms with Gasteiger partial charge in [-0.2, -0.15) is 0 Å². The van der Waals surface area contributed by atoms with Crippen LogP contribution in [0.2, 0.25) is 0 Å². The summed E-state index contributed by atoms with van der Waals surface area (Å²) in [5, 5.41) is 10.9. The molecule has 9 nitrogen and oxygen atoms in total. The van der Waals surface area contributed by atoms with E-state index in [9.17, 15) is 14.9 Å². The van der Waals surface area contributed by atoms with Gasteiger partial charge < -0.3 is 18.9 Å². The molecule has 184 valence electrons. The summed E-state index contributed by atoms with van der Waals surface area (Å²) in [7, 11) is 3.22. The predicted octanol–water partition coefficient (Wildman–Crippen LogP) is 4.62. The highest BCUT2D eigenvalue weighted by Gasteiger charge is 2.33. The molecular weight excluding hydrogens is 464 g/mol. The van der Waals surface area contributed by atoms with Gasteiger partial charge in [-0.15, -0.1) is 0 Å². The number of nitro groups is 1. The van der Waals surface area contributed by atoms with Crippen molar-refractivity contribution in [3.8, 4) is 23.0 Å². The smallest absolute Gasteiger partial charge is 0.269 e. The molecule has 36 heavy (non-hydrogen) atoms. The maximum Gasteiger partial charge on any atom is 0.269 e. The highest BCUT2D eigenvalue weighted by Crippen LogP contribution is 2.42. The molecule has 5 rings (SSSR count). The quantitative estimate of drug-likeness (QED) is 0.270. The Morgan fingerprint density at radius 3 is 2.56 bits per heavy atom. The van der Waals surface area contributed by atoms with Gasteiger partial charge in [0.15, 0.2) is 17.3 Å². The van der Waals surface area contributed by atoms with Crippen LogP contribution in [0.15, 0.2) is 60.4 Å². The van der Waals surface area contributed by atoms with Gasteiger partial charge in [0, 0.05) is 25.2 Å². The molecule has 2 aliphatic heterocycles. The number of methoxy groups -OCH3 is 2. The van der Waals surface area contributed by atoms with Crippen LogP contribution in [0.3, 0.4) is 0 Å². The number of nitrogens with zero attached hydrogens (tertiary/aromatic N) is 2. The molecule has 0 aliphatic carbocycles. The molecule has 2 heterocycles. The first kappa shape index (κ1) is 23.4. The van der Waals surface area contributed by atoms with Gasteiger partial charge in [0.1, 0.15) is 18.2 Å². The fourth-order valence-corrected chi connectivity index (χ4v) is 4.31. The van der Waals surface area contributed by atoms with E-state index < -0.39 is 4.92 Å². The van der Waals surface area contributed by atoms with E-state index >= 15 is 0 Å². The second-order valence-corrected chi connectivity index (χ2v) is 8.47. The molecule has 0 saturated heterocycles. The summed E-state index contributed by atoms with van der Waals surface area (Å²) < 4.78 is 22.7. The van der Waals surface area contributed by atoms with Crippen LogP contribution in [0.1, 0.15) is 27.0 Å². The molecule has 2 aliphatic rings. The molecule has 0 N–H and O–H groups in total. The number of rotatable bonds is 7. The van der Waals surface area contributed by atoms with E-state index in [1.54, 1.807) is 44.6 Å². The molecule has 9 heteroatoms. The van der Waals surface area contributed by atoms with Crippen LogP contribution < -0.4 is 18.9 Å². The number of allylic oxidation sites excluding steroid dienone is 1. The van der Waals surface area contributed by atoms with Gasteiger partial charge in [-0.05, 0) is 60.0 Å². The molecule has 0 unspecified atom stereocenters. The van der Waals surface area contributed by atoms with Gasteiger partial charge >= 0.3 is 0 Å². The Bertz CT molecular complexity index is 1370. The van der Waals surface area contributed by atoms with E-state index in [0.29, 0.717) is 47.4 Å². The molecule has 0 fully saturated rings. The SMILES string of the molecule is COc1ccc(CCN2COc3ccc4c(c3C2)O/C(=C\c2ccc([N+](=O)[O-])cc2)C4=O)cc1OC. The first-order chi connectivity index (χ1) is 17.5. The van der Waals surface area contributed by atoms with Gasteiger partial charge in [-0.3, -0.25) is 19.8 Å². The summed E-state index contributed by atoms with van der Waals surface area (Å²) in [6.45, 7) is 1.74. The number of fused-ring (bicyclic) bond motifs is 3. The Morgan fingerprint density at radius 2 is 1.83 bits per heavy atom. The zero-order valence-corrected chi connectivity index (χ0v) is 19.9. The minimum absolute atomic E-state index is 0.0153. The van der Waals surface area contributed by atoms with Gasteiger partial charge in [-0.1, -0.05) is 6.07 Å². The second-order valence-electron chi connectivity index (χ2n) is 8.47. The van der Waals surface area contributed by atoms with Crippen molar-refractivity contribution >= 4 is 17.5 Å². The minimum Gasteiger partial charge on any atom is -0.493 e. The summed E-state index contributed by atoms with van der Waals surface area (Å²) in [5.41, 5.74) is 3.03.